The van der Waals surface area contributed by atoms with Gasteiger partial charge in [-0.25, -0.2) is 0 Å². The lowest BCUT2D eigenvalue weighted by molar-refractivity contribution is 0.169. The molecule has 3 N–H and O–H groups in total. The molecule has 2 unspecified atom stereocenters. The Hall–Kier alpha value is -0.160. The molecule has 0 aromatic carbocycles. The second-order valence-electron chi connectivity index (χ2n) is 5.34. The minimum atomic E-state index is 0.224. The second-order valence-corrected chi connectivity index (χ2v) is 5.34. The van der Waals surface area contributed by atoms with Crippen molar-refractivity contribution in [2.24, 2.45) is 17.1 Å². The number of hydrogen-bond donors (Lipinski definition) is 2. The van der Waals surface area contributed by atoms with Gasteiger partial charge >= 0.3 is 0 Å². The Morgan fingerprint density at radius 3 is 2.81 bits per heavy atom. The van der Waals surface area contributed by atoms with Crippen molar-refractivity contribution in [2.45, 2.75) is 25.3 Å². The first kappa shape index (κ1) is 12.3. The third kappa shape index (κ3) is 3.17. The van der Waals surface area contributed by atoms with Crippen molar-refractivity contribution in [3.63, 3.8) is 0 Å². The predicted octanol–water partition coefficient (Wildman–Crippen LogP) is 0.366. The summed E-state index contributed by atoms with van der Waals surface area (Å²) in [5, 5.41) is 3.55. The van der Waals surface area contributed by atoms with Crippen LogP contribution in [0.1, 0.15) is 19.3 Å². The normalized spacial score (nSPS) is 31.9. The van der Waals surface area contributed by atoms with E-state index in [1.807, 2.05) is 0 Å². The van der Waals surface area contributed by atoms with Crippen LogP contribution in [0.3, 0.4) is 0 Å². The van der Waals surface area contributed by atoms with E-state index in [1.54, 1.807) is 7.11 Å². The average molecular weight is 228 g/mol. The molecule has 0 radical (unpaired) electrons. The Morgan fingerprint density at radius 2 is 2.25 bits per heavy atom. The highest BCUT2D eigenvalue weighted by atomic mass is 16.5. The van der Waals surface area contributed by atoms with Gasteiger partial charge in [0, 0.05) is 38.8 Å². The molecule has 1 saturated carbocycles. The Balaban J connectivity index is 1.60. The van der Waals surface area contributed by atoms with Crippen LogP contribution in [0.4, 0.5) is 0 Å². The Labute approximate surface area is 97.9 Å². The molecule has 2 rings (SSSR count). The van der Waals surface area contributed by atoms with E-state index in [-0.39, 0.29) is 6.04 Å². The first-order chi connectivity index (χ1) is 7.76. The summed E-state index contributed by atoms with van der Waals surface area (Å²) in [7, 11) is 1.78. The summed E-state index contributed by atoms with van der Waals surface area (Å²) in [6, 6.07) is 0.224. The molecule has 4 nitrogen and oxygen atoms in total. The van der Waals surface area contributed by atoms with E-state index in [0.717, 1.165) is 32.9 Å². The molecule has 2 fully saturated rings. The zero-order valence-electron chi connectivity index (χ0n) is 10.2. The van der Waals surface area contributed by atoms with Gasteiger partial charge in [-0.2, -0.15) is 0 Å². The second kappa shape index (κ2) is 5.45. The lowest BCUT2D eigenvalue weighted by Gasteiger charge is -2.18. The Morgan fingerprint density at radius 1 is 1.44 bits per heavy atom. The van der Waals surface area contributed by atoms with Gasteiger partial charge in [0.1, 0.15) is 0 Å². The molecule has 0 aromatic heterocycles. The maximum atomic E-state index is 5.94. The van der Waals surface area contributed by atoms with Gasteiger partial charge in [0.2, 0.25) is 0 Å². The molecule has 1 aliphatic carbocycles. The highest BCUT2D eigenvalue weighted by Gasteiger charge is 2.41. The lowest BCUT2D eigenvalue weighted by Crippen LogP contribution is -2.38. The molecule has 0 spiro atoms. The summed E-state index contributed by atoms with van der Waals surface area (Å²) in [4.78, 5) is 0. The predicted molar refractivity (Wildman–Crippen MR) is 63.3 cm³/mol. The summed E-state index contributed by atoms with van der Waals surface area (Å²) in [5.41, 5.74) is 6.47. The standard InChI is InChI=1S/C12H24N2O2/c1-15-5-4-12(2-3-12)9-14-6-10-7-16-8-11(10)13/h10-11,14H,2-9,13H2,1H3. The molecule has 0 bridgehead atoms. The van der Waals surface area contributed by atoms with Gasteiger partial charge in [0.15, 0.2) is 0 Å². The van der Waals surface area contributed by atoms with Crippen molar-refractivity contribution in [1.29, 1.82) is 0 Å². The van der Waals surface area contributed by atoms with Crippen LogP contribution in [0.15, 0.2) is 0 Å². The number of nitrogens with two attached hydrogens (primary N) is 1. The van der Waals surface area contributed by atoms with E-state index in [4.69, 9.17) is 15.2 Å². The minimum Gasteiger partial charge on any atom is -0.385 e. The quantitative estimate of drug-likeness (QED) is 0.661. The third-order valence-electron chi connectivity index (χ3n) is 3.95. The van der Waals surface area contributed by atoms with Crippen LogP contribution in [0.25, 0.3) is 0 Å². The van der Waals surface area contributed by atoms with Gasteiger partial charge in [0.05, 0.1) is 13.2 Å². The van der Waals surface area contributed by atoms with E-state index in [1.165, 1.54) is 19.3 Å². The molecule has 16 heavy (non-hydrogen) atoms. The smallest absolute Gasteiger partial charge is 0.0621 e. The first-order valence-electron chi connectivity index (χ1n) is 6.29. The zero-order valence-corrected chi connectivity index (χ0v) is 10.2. The molecular formula is C12H24N2O2. The van der Waals surface area contributed by atoms with Crippen LogP contribution in [-0.2, 0) is 9.47 Å². The fraction of sp³-hybridized carbons (Fsp3) is 1.00. The largest absolute Gasteiger partial charge is 0.385 e. The van der Waals surface area contributed by atoms with Crippen molar-refractivity contribution in [2.75, 3.05) is 40.0 Å². The number of nitrogens with one attached hydrogen (secondary N) is 1. The van der Waals surface area contributed by atoms with Gasteiger partial charge in [-0.3, -0.25) is 0 Å². The number of ether oxygens (including phenoxy) is 2. The Bertz CT molecular complexity index is 219. The van der Waals surface area contributed by atoms with E-state index < -0.39 is 0 Å². The van der Waals surface area contributed by atoms with Crippen molar-refractivity contribution < 1.29 is 9.47 Å². The number of hydrogen-bond acceptors (Lipinski definition) is 4. The molecule has 0 aromatic rings. The van der Waals surface area contributed by atoms with Gasteiger partial charge in [-0.1, -0.05) is 0 Å². The summed E-state index contributed by atoms with van der Waals surface area (Å²) in [6.07, 6.45) is 3.87. The van der Waals surface area contributed by atoms with E-state index in [2.05, 4.69) is 5.32 Å². The molecule has 1 aliphatic heterocycles. The number of rotatable bonds is 7. The zero-order chi connectivity index (χ0) is 11.4. The molecule has 2 aliphatic rings. The topological polar surface area (TPSA) is 56.5 Å². The minimum absolute atomic E-state index is 0.224. The van der Waals surface area contributed by atoms with Crippen LogP contribution in [0, 0.1) is 11.3 Å². The van der Waals surface area contributed by atoms with Crippen molar-refractivity contribution in [3.8, 4) is 0 Å². The molecule has 1 heterocycles. The first-order valence-corrected chi connectivity index (χ1v) is 6.29. The van der Waals surface area contributed by atoms with Crippen LogP contribution in [0.2, 0.25) is 0 Å². The molecule has 1 saturated heterocycles. The van der Waals surface area contributed by atoms with Crippen LogP contribution in [0.5, 0.6) is 0 Å². The SMILES string of the molecule is COCCC1(CNCC2COCC2N)CC1. The van der Waals surface area contributed by atoms with Gasteiger partial charge in [-0.15, -0.1) is 0 Å². The summed E-state index contributed by atoms with van der Waals surface area (Å²) in [6.45, 7) is 4.53. The van der Waals surface area contributed by atoms with Crippen LogP contribution < -0.4 is 11.1 Å². The monoisotopic (exact) mass is 228 g/mol. The average Bonchev–Trinajstić information content (AvgIpc) is 2.94. The van der Waals surface area contributed by atoms with Gasteiger partial charge in [-0.05, 0) is 24.7 Å². The van der Waals surface area contributed by atoms with Crippen molar-refractivity contribution >= 4 is 0 Å². The van der Waals surface area contributed by atoms with Crippen molar-refractivity contribution in [1.82, 2.24) is 5.32 Å². The maximum Gasteiger partial charge on any atom is 0.0621 e. The molecule has 2 atom stereocenters. The number of methoxy groups -OCH3 is 1. The van der Waals surface area contributed by atoms with Gasteiger partial charge in [0.25, 0.3) is 0 Å². The summed E-state index contributed by atoms with van der Waals surface area (Å²) < 4.78 is 10.5. The summed E-state index contributed by atoms with van der Waals surface area (Å²) >= 11 is 0. The van der Waals surface area contributed by atoms with Crippen LogP contribution in [-0.4, -0.2) is 46.1 Å². The lowest BCUT2D eigenvalue weighted by atomic mass is 10.0. The van der Waals surface area contributed by atoms with Crippen LogP contribution >= 0.6 is 0 Å². The van der Waals surface area contributed by atoms with Gasteiger partial charge < -0.3 is 20.5 Å². The molecule has 0 amide bonds. The van der Waals surface area contributed by atoms with Crippen molar-refractivity contribution in [3.05, 3.63) is 0 Å². The fourth-order valence-corrected chi connectivity index (χ4v) is 2.36. The van der Waals surface area contributed by atoms with E-state index in [9.17, 15) is 0 Å². The molecular weight excluding hydrogens is 204 g/mol. The fourth-order valence-electron chi connectivity index (χ4n) is 2.36. The van der Waals surface area contributed by atoms with E-state index >= 15 is 0 Å². The maximum absolute atomic E-state index is 5.94. The third-order valence-corrected chi connectivity index (χ3v) is 3.95. The Kier molecular flexibility index (Phi) is 4.19. The highest BCUT2D eigenvalue weighted by molar-refractivity contribution is 4.95. The molecule has 4 heteroatoms. The molecule has 94 valence electrons. The van der Waals surface area contributed by atoms with E-state index in [0.29, 0.717) is 11.3 Å². The summed E-state index contributed by atoms with van der Waals surface area (Å²) in [5.74, 6) is 0.498. The highest BCUT2D eigenvalue weighted by Crippen LogP contribution is 2.48.